The molecule has 2 aromatic carbocycles. The molecular weight excluding hydrogens is 434 g/mol. The largest absolute Gasteiger partial charge is 0.493 e. The van der Waals surface area contributed by atoms with Crippen LogP contribution in [0, 0.1) is 17.0 Å². The van der Waals surface area contributed by atoms with Gasteiger partial charge in [-0.3, -0.25) is 14.9 Å². The summed E-state index contributed by atoms with van der Waals surface area (Å²) in [6.45, 7) is 1.40. The molecule has 170 valence electrons. The smallest absolute Gasteiger partial charge is 0.338 e. The highest BCUT2D eigenvalue weighted by Crippen LogP contribution is 2.34. The third kappa shape index (κ3) is 4.87. The Morgan fingerprint density at radius 1 is 1.18 bits per heavy atom. The third-order valence-electron chi connectivity index (χ3n) is 4.67. The molecule has 33 heavy (non-hydrogen) atoms. The first kappa shape index (κ1) is 21.7. The average Bonchev–Trinajstić information content (AvgIpc) is 3.42. The van der Waals surface area contributed by atoms with E-state index in [4.69, 9.17) is 23.5 Å². The Kier molecular flexibility index (Phi) is 6.11. The number of aryl methyl sites for hydroxylation is 1. The van der Waals surface area contributed by atoms with Crippen molar-refractivity contribution in [1.29, 1.82) is 0 Å². The first-order valence-corrected chi connectivity index (χ1v) is 9.73. The monoisotopic (exact) mass is 453 g/mol. The lowest BCUT2D eigenvalue weighted by atomic mass is 10.1. The molecule has 0 fully saturated rings. The van der Waals surface area contributed by atoms with Crippen molar-refractivity contribution in [3.63, 3.8) is 0 Å². The van der Waals surface area contributed by atoms with Crippen molar-refractivity contribution >= 4 is 29.4 Å². The van der Waals surface area contributed by atoms with Crippen molar-refractivity contribution in [3.05, 3.63) is 63.5 Å². The number of benzene rings is 2. The van der Waals surface area contributed by atoms with E-state index in [1.54, 1.807) is 42.5 Å². The highest BCUT2D eigenvalue weighted by Gasteiger charge is 2.22. The third-order valence-corrected chi connectivity index (χ3v) is 4.67. The summed E-state index contributed by atoms with van der Waals surface area (Å²) in [5.74, 6) is 1.60. The Hall–Kier alpha value is -4.54. The van der Waals surface area contributed by atoms with Crippen LogP contribution in [0.3, 0.4) is 0 Å². The maximum absolute atomic E-state index is 12.3. The number of rotatable bonds is 8. The van der Waals surface area contributed by atoms with Gasteiger partial charge in [0, 0.05) is 11.8 Å². The number of aromatic nitrogens is 1. The fraction of sp³-hybridized carbons (Fsp3) is 0.182. The molecule has 1 aromatic heterocycles. The van der Waals surface area contributed by atoms with Crippen LogP contribution in [0.2, 0.25) is 0 Å². The van der Waals surface area contributed by atoms with Gasteiger partial charge in [-0.2, -0.15) is 0 Å². The lowest BCUT2D eigenvalue weighted by molar-refractivity contribution is -0.386. The Bertz CT molecular complexity index is 1230. The van der Waals surface area contributed by atoms with Gasteiger partial charge in [-0.1, -0.05) is 17.3 Å². The molecule has 11 nitrogen and oxygen atoms in total. The lowest BCUT2D eigenvalue weighted by Crippen LogP contribution is -2.20. The quantitative estimate of drug-likeness (QED) is 0.399. The molecule has 11 heteroatoms. The van der Waals surface area contributed by atoms with Gasteiger partial charge in [0.2, 0.25) is 12.6 Å². The summed E-state index contributed by atoms with van der Waals surface area (Å²) in [5.41, 5.74) is 1.23. The van der Waals surface area contributed by atoms with Crippen molar-refractivity contribution < 1.29 is 33.2 Å². The molecular formula is C22H19N3O8. The van der Waals surface area contributed by atoms with E-state index in [1.807, 2.05) is 0 Å². The van der Waals surface area contributed by atoms with Gasteiger partial charge < -0.3 is 28.8 Å². The van der Waals surface area contributed by atoms with E-state index in [0.29, 0.717) is 34.2 Å². The summed E-state index contributed by atoms with van der Waals surface area (Å²) in [5, 5.41) is 17.5. The number of carbonyl (C=O) groups is 1. The Balaban J connectivity index is 1.40. The van der Waals surface area contributed by atoms with Crippen molar-refractivity contribution in [3.8, 4) is 23.0 Å². The van der Waals surface area contributed by atoms with E-state index in [2.05, 4.69) is 10.5 Å². The molecule has 1 amide bonds. The number of anilines is 1. The molecule has 0 aliphatic carbocycles. The number of ether oxygens (including phenoxy) is 4. The van der Waals surface area contributed by atoms with Crippen molar-refractivity contribution in [2.45, 2.75) is 6.92 Å². The van der Waals surface area contributed by atoms with E-state index in [9.17, 15) is 14.9 Å². The minimum atomic E-state index is -0.544. The second kappa shape index (κ2) is 9.30. The molecule has 0 radical (unpaired) electrons. The molecule has 0 bridgehead atoms. The second-order valence-electron chi connectivity index (χ2n) is 6.89. The molecule has 1 aliphatic heterocycles. The van der Waals surface area contributed by atoms with E-state index in [-0.39, 0.29) is 36.4 Å². The number of nitrogens with zero attached hydrogens (tertiary/aromatic N) is 2. The van der Waals surface area contributed by atoms with Gasteiger partial charge in [0.15, 0.2) is 35.3 Å². The zero-order valence-corrected chi connectivity index (χ0v) is 17.7. The minimum absolute atomic E-state index is 0.0389. The number of nitro groups is 1. The second-order valence-corrected chi connectivity index (χ2v) is 6.89. The maximum Gasteiger partial charge on any atom is 0.338 e. The molecule has 4 rings (SSSR count). The Morgan fingerprint density at radius 3 is 2.79 bits per heavy atom. The Labute approximate surface area is 187 Å². The van der Waals surface area contributed by atoms with E-state index in [0.717, 1.165) is 0 Å². The number of hydrogen-bond donors (Lipinski definition) is 1. The van der Waals surface area contributed by atoms with Gasteiger partial charge in [0.1, 0.15) is 0 Å². The zero-order chi connectivity index (χ0) is 23.4. The highest BCUT2D eigenvalue weighted by molar-refractivity contribution is 5.92. The number of nitrogens with one attached hydrogen (secondary N) is 1. The van der Waals surface area contributed by atoms with Crippen LogP contribution in [-0.4, -0.2) is 36.5 Å². The van der Waals surface area contributed by atoms with Gasteiger partial charge in [-0.25, -0.2) is 0 Å². The molecule has 1 N–H and O–H groups in total. The van der Waals surface area contributed by atoms with Crippen LogP contribution >= 0.6 is 0 Å². The highest BCUT2D eigenvalue weighted by atomic mass is 16.7. The van der Waals surface area contributed by atoms with Gasteiger partial charge in [0.25, 0.3) is 5.91 Å². The van der Waals surface area contributed by atoms with Crippen LogP contribution < -0.4 is 24.3 Å². The molecule has 0 saturated carbocycles. The van der Waals surface area contributed by atoms with Gasteiger partial charge >= 0.3 is 5.69 Å². The summed E-state index contributed by atoms with van der Waals surface area (Å²) in [4.78, 5) is 22.9. The summed E-state index contributed by atoms with van der Waals surface area (Å²) in [6, 6.07) is 10.1. The number of hydrogen-bond acceptors (Lipinski definition) is 9. The van der Waals surface area contributed by atoms with Crippen LogP contribution in [0.25, 0.3) is 12.2 Å². The van der Waals surface area contributed by atoms with E-state index < -0.39 is 4.92 Å². The molecule has 0 saturated heterocycles. The predicted octanol–water partition coefficient (Wildman–Crippen LogP) is 3.82. The molecule has 0 unspecified atom stereocenters. The standard InChI is InChI=1S/C22H19N3O8/c1-13-22(25(27)28)18(33-24-13)7-4-14-3-6-16(19(9-14)29-2)30-11-21(26)23-15-5-8-17-20(10-15)32-12-31-17/h3-10H,11-12H2,1-2H3,(H,23,26)/b7-4+. The summed E-state index contributed by atoms with van der Waals surface area (Å²) >= 11 is 0. The number of methoxy groups -OCH3 is 1. The van der Waals surface area contributed by atoms with E-state index >= 15 is 0 Å². The average molecular weight is 453 g/mol. The van der Waals surface area contributed by atoms with Crippen LogP contribution in [0.4, 0.5) is 11.4 Å². The first-order valence-electron chi connectivity index (χ1n) is 9.73. The topological polar surface area (TPSA) is 135 Å². The number of carbonyl (C=O) groups excluding carboxylic acids is 1. The number of fused-ring (bicyclic) bond motifs is 1. The predicted molar refractivity (Wildman–Crippen MR) is 117 cm³/mol. The summed E-state index contributed by atoms with van der Waals surface area (Å²) in [7, 11) is 1.47. The first-order chi connectivity index (χ1) is 15.9. The fourth-order valence-corrected chi connectivity index (χ4v) is 3.11. The summed E-state index contributed by atoms with van der Waals surface area (Å²) in [6.07, 6.45) is 3.07. The minimum Gasteiger partial charge on any atom is -0.493 e. The van der Waals surface area contributed by atoms with Crippen LogP contribution in [-0.2, 0) is 4.79 Å². The van der Waals surface area contributed by atoms with Gasteiger partial charge in [0.05, 0.1) is 12.0 Å². The molecule has 0 atom stereocenters. The van der Waals surface area contributed by atoms with Crippen LogP contribution in [0.15, 0.2) is 40.9 Å². The SMILES string of the molecule is COc1cc(/C=C/c2onc(C)c2[N+](=O)[O-])ccc1OCC(=O)Nc1ccc2c(c1)OCO2. The van der Waals surface area contributed by atoms with E-state index in [1.165, 1.54) is 20.1 Å². The van der Waals surface area contributed by atoms with Gasteiger partial charge in [-0.15, -0.1) is 0 Å². The Morgan fingerprint density at radius 2 is 2.00 bits per heavy atom. The molecule has 3 aromatic rings. The number of amides is 1. The van der Waals surface area contributed by atoms with Crippen molar-refractivity contribution in [1.82, 2.24) is 5.16 Å². The summed E-state index contributed by atoms with van der Waals surface area (Å²) < 4.78 is 26.5. The van der Waals surface area contributed by atoms with Crippen LogP contribution in [0.5, 0.6) is 23.0 Å². The molecule has 0 spiro atoms. The molecule has 1 aliphatic rings. The molecule has 2 heterocycles. The van der Waals surface area contributed by atoms with Gasteiger partial charge in [-0.05, 0) is 42.8 Å². The van der Waals surface area contributed by atoms with Crippen molar-refractivity contribution in [2.24, 2.45) is 0 Å². The normalized spacial score (nSPS) is 12.1. The van der Waals surface area contributed by atoms with Crippen molar-refractivity contribution in [2.75, 3.05) is 25.8 Å². The fourth-order valence-electron chi connectivity index (χ4n) is 3.11. The maximum atomic E-state index is 12.3. The lowest BCUT2D eigenvalue weighted by Gasteiger charge is -2.12. The zero-order valence-electron chi connectivity index (χ0n) is 17.7. The van der Waals surface area contributed by atoms with Crippen LogP contribution in [0.1, 0.15) is 17.0 Å².